The number of aromatic nitrogens is 1. The van der Waals surface area contributed by atoms with Crippen molar-refractivity contribution in [3.8, 4) is 0 Å². The number of rotatable bonds is 5. The van der Waals surface area contributed by atoms with Crippen molar-refractivity contribution < 1.29 is 9.59 Å². The molecule has 2 aliphatic rings. The van der Waals surface area contributed by atoms with Crippen LogP contribution in [0.5, 0.6) is 0 Å². The van der Waals surface area contributed by atoms with E-state index in [9.17, 15) is 9.59 Å². The number of carbonyl (C=O) groups is 2. The summed E-state index contributed by atoms with van der Waals surface area (Å²) in [6, 6.07) is 0.403. The van der Waals surface area contributed by atoms with Crippen LogP contribution in [0.1, 0.15) is 47.6 Å². The minimum Gasteiger partial charge on any atom is -0.342 e. The lowest BCUT2D eigenvalue weighted by Gasteiger charge is -2.36. The average molecular weight is 380 g/mol. The van der Waals surface area contributed by atoms with Gasteiger partial charge in [0.2, 0.25) is 5.91 Å². The molecule has 0 spiro atoms. The zero-order valence-corrected chi connectivity index (χ0v) is 16.3. The van der Waals surface area contributed by atoms with Crippen LogP contribution in [0.25, 0.3) is 0 Å². The van der Waals surface area contributed by atoms with Crippen LogP contribution in [-0.2, 0) is 11.3 Å². The van der Waals surface area contributed by atoms with Crippen molar-refractivity contribution in [2.75, 3.05) is 39.8 Å². The first-order chi connectivity index (χ1) is 12.6. The lowest BCUT2D eigenvalue weighted by Crippen LogP contribution is -2.52. The van der Waals surface area contributed by atoms with Crippen LogP contribution in [0, 0.1) is 0 Å². The van der Waals surface area contributed by atoms with Crippen LogP contribution < -0.4 is 5.73 Å². The van der Waals surface area contributed by atoms with E-state index in [1.54, 1.807) is 5.38 Å². The first-order valence-electron chi connectivity index (χ1n) is 9.50. The molecule has 1 aromatic rings. The summed E-state index contributed by atoms with van der Waals surface area (Å²) in [6.45, 7) is 3.53. The van der Waals surface area contributed by atoms with Gasteiger partial charge in [-0.25, -0.2) is 4.98 Å². The van der Waals surface area contributed by atoms with Crippen LogP contribution in [0.2, 0.25) is 0 Å². The van der Waals surface area contributed by atoms with Crippen molar-refractivity contribution in [1.29, 1.82) is 0 Å². The van der Waals surface area contributed by atoms with Gasteiger partial charge in [-0.05, 0) is 12.8 Å². The van der Waals surface area contributed by atoms with Gasteiger partial charge in [0, 0.05) is 51.2 Å². The van der Waals surface area contributed by atoms with Gasteiger partial charge in [-0.2, -0.15) is 0 Å². The van der Waals surface area contributed by atoms with E-state index in [1.165, 1.54) is 30.6 Å². The monoisotopic (exact) mass is 379 g/mol. The minimum absolute atomic E-state index is 0.0359. The summed E-state index contributed by atoms with van der Waals surface area (Å²) in [7, 11) is 1.94. The molecule has 2 amide bonds. The SMILES string of the molecule is CN(C(=O)CN1CCN(C(=O)c2csc(CN)n2)CC1)C1CCCCC1. The van der Waals surface area contributed by atoms with Crippen LogP contribution in [-0.4, -0.2) is 77.3 Å². The van der Waals surface area contributed by atoms with Crippen molar-refractivity contribution in [2.24, 2.45) is 5.73 Å². The maximum atomic E-state index is 12.6. The predicted molar refractivity (Wildman–Crippen MR) is 102 cm³/mol. The highest BCUT2D eigenvalue weighted by Gasteiger charge is 2.27. The maximum absolute atomic E-state index is 12.6. The van der Waals surface area contributed by atoms with Crippen molar-refractivity contribution in [1.82, 2.24) is 19.7 Å². The lowest BCUT2D eigenvalue weighted by atomic mass is 9.94. The second kappa shape index (κ2) is 8.92. The molecular formula is C18H29N5O2S. The fourth-order valence-electron chi connectivity index (χ4n) is 3.75. The van der Waals surface area contributed by atoms with E-state index >= 15 is 0 Å². The van der Waals surface area contributed by atoms with Crippen molar-refractivity contribution >= 4 is 23.2 Å². The standard InChI is InChI=1S/C18H29N5O2S/c1-21(14-5-3-2-4-6-14)17(24)12-22-7-9-23(10-8-22)18(25)15-13-26-16(11-19)20-15/h13-14H,2-12,19H2,1H3. The van der Waals surface area contributed by atoms with Gasteiger partial charge in [-0.3, -0.25) is 14.5 Å². The number of nitrogens with zero attached hydrogens (tertiary/aromatic N) is 4. The topological polar surface area (TPSA) is 82.8 Å². The van der Waals surface area contributed by atoms with Crippen LogP contribution in [0.3, 0.4) is 0 Å². The fraction of sp³-hybridized carbons (Fsp3) is 0.722. The summed E-state index contributed by atoms with van der Waals surface area (Å²) in [4.78, 5) is 35.3. The molecule has 2 heterocycles. The number of amides is 2. The molecule has 144 valence electrons. The Labute approximate surface area is 159 Å². The van der Waals surface area contributed by atoms with E-state index in [-0.39, 0.29) is 11.8 Å². The Bertz CT molecular complexity index is 621. The molecule has 0 aromatic carbocycles. The van der Waals surface area contributed by atoms with E-state index in [1.807, 2.05) is 16.8 Å². The molecule has 3 rings (SSSR count). The molecule has 1 saturated heterocycles. The first-order valence-corrected chi connectivity index (χ1v) is 10.4. The number of hydrogen-bond donors (Lipinski definition) is 1. The number of nitrogens with two attached hydrogens (primary N) is 1. The third kappa shape index (κ3) is 4.61. The average Bonchev–Trinajstić information content (AvgIpc) is 3.17. The second-order valence-corrected chi connectivity index (χ2v) is 8.14. The van der Waals surface area contributed by atoms with Crippen molar-refractivity contribution in [2.45, 2.75) is 44.7 Å². The predicted octanol–water partition coefficient (Wildman–Crippen LogP) is 1.15. The molecule has 8 heteroatoms. The van der Waals surface area contributed by atoms with Crippen LogP contribution >= 0.6 is 11.3 Å². The van der Waals surface area contributed by atoms with E-state index in [0.717, 1.165) is 30.9 Å². The summed E-state index contributed by atoms with van der Waals surface area (Å²) in [5, 5.41) is 2.56. The molecule has 0 atom stereocenters. The molecule has 0 unspecified atom stereocenters. The Kier molecular flexibility index (Phi) is 6.61. The summed E-state index contributed by atoms with van der Waals surface area (Å²) in [5.74, 6) is 0.162. The summed E-state index contributed by atoms with van der Waals surface area (Å²) in [6.07, 6.45) is 6.00. The van der Waals surface area contributed by atoms with Crippen molar-refractivity contribution in [3.05, 3.63) is 16.1 Å². The highest BCUT2D eigenvalue weighted by molar-refractivity contribution is 7.09. The van der Waals surface area contributed by atoms with Gasteiger partial charge >= 0.3 is 0 Å². The highest BCUT2D eigenvalue weighted by Crippen LogP contribution is 2.22. The third-order valence-corrected chi connectivity index (χ3v) is 6.35. The lowest BCUT2D eigenvalue weighted by molar-refractivity contribution is -0.134. The normalized spacial score (nSPS) is 19.5. The zero-order chi connectivity index (χ0) is 18.5. The van der Waals surface area contributed by atoms with Gasteiger partial charge in [0.05, 0.1) is 6.54 Å². The molecule has 1 aliphatic heterocycles. The largest absolute Gasteiger partial charge is 0.342 e. The van der Waals surface area contributed by atoms with Gasteiger partial charge < -0.3 is 15.5 Å². The maximum Gasteiger partial charge on any atom is 0.273 e. The quantitative estimate of drug-likeness (QED) is 0.830. The smallest absolute Gasteiger partial charge is 0.273 e. The zero-order valence-electron chi connectivity index (χ0n) is 15.5. The Morgan fingerprint density at radius 3 is 2.54 bits per heavy atom. The molecule has 7 nitrogen and oxygen atoms in total. The molecule has 1 aromatic heterocycles. The fourth-order valence-corrected chi connectivity index (χ4v) is 4.40. The number of hydrogen-bond acceptors (Lipinski definition) is 6. The number of likely N-dealkylation sites (N-methyl/N-ethyl adjacent to an activating group) is 1. The van der Waals surface area contributed by atoms with E-state index < -0.39 is 0 Å². The molecule has 2 N–H and O–H groups in total. The highest BCUT2D eigenvalue weighted by atomic mass is 32.1. The number of piperazine rings is 1. The van der Waals surface area contributed by atoms with Gasteiger partial charge in [0.25, 0.3) is 5.91 Å². The Morgan fingerprint density at radius 2 is 1.92 bits per heavy atom. The molecular weight excluding hydrogens is 350 g/mol. The van der Waals surface area contributed by atoms with Crippen molar-refractivity contribution in [3.63, 3.8) is 0 Å². The van der Waals surface area contributed by atoms with Gasteiger partial charge in [0.1, 0.15) is 10.7 Å². The first kappa shape index (κ1) is 19.3. The molecule has 0 radical (unpaired) electrons. The van der Waals surface area contributed by atoms with E-state index in [0.29, 0.717) is 37.9 Å². The van der Waals surface area contributed by atoms with Gasteiger partial charge in [-0.1, -0.05) is 19.3 Å². The van der Waals surface area contributed by atoms with Gasteiger partial charge in [0.15, 0.2) is 0 Å². The summed E-state index contributed by atoms with van der Waals surface area (Å²) in [5.41, 5.74) is 6.05. The van der Waals surface area contributed by atoms with Gasteiger partial charge in [-0.15, -0.1) is 11.3 Å². The number of thiazole rings is 1. The second-order valence-electron chi connectivity index (χ2n) is 7.20. The molecule has 0 bridgehead atoms. The summed E-state index contributed by atoms with van der Waals surface area (Å²) >= 11 is 1.42. The van der Waals surface area contributed by atoms with Crippen LogP contribution in [0.4, 0.5) is 0 Å². The summed E-state index contributed by atoms with van der Waals surface area (Å²) < 4.78 is 0. The number of carbonyl (C=O) groups excluding carboxylic acids is 2. The van der Waals surface area contributed by atoms with Crippen LogP contribution in [0.15, 0.2) is 5.38 Å². The Balaban J connectivity index is 1.45. The van der Waals surface area contributed by atoms with E-state index in [2.05, 4.69) is 9.88 Å². The Morgan fingerprint density at radius 1 is 1.23 bits per heavy atom. The molecule has 26 heavy (non-hydrogen) atoms. The van der Waals surface area contributed by atoms with E-state index in [4.69, 9.17) is 5.73 Å². The Hall–Kier alpha value is -1.51. The molecule has 1 saturated carbocycles. The third-order valence-electron chi connectivity index (χ3n) is 5.48. The molecule has 1 aliphatic carbocycles. The molecule has 2 fully saturated rings. The minimum atomic E-state index is -0.0359.